The quantitative estimate of drug-likeness (QED) is 0.544. The average Bonchev–Trinajstić information content (AvgIpc) is 3.08. The Morgan fingerprint density at radius 1 is 1.21 bits per heavy atom. The van der Waals surface area contributed by atoms with Crippen molar-refractivity contribution in [3.63, 3.8) is 0 Å². The van der Waals surface area contributed by atoms with Crippen molar-refractivity contribution >= 4 is 29.1 Å². The second-order valence-corrected chi connectivity index (χ2v) is 8.82. The van der Waals surface area contributed by atoms with Crippen molar-refractivity contribution in [1.82, 2.24) is 4.57 Å². The maximum absolute atomic E-state index is 14.9. The smallest absolute Gasteiger partial charge is 0.338 e. The number of halogens is 1. The number of nitrogens with zero attached hydrogens (tertiary/aromatic N) is 3. The number of anilines is 1. The molecule has 2 heterocycles. The van der Waals surface area contributed by atoms with Crippen molar-refractivity contribution < 1.29 is 13.9 Å². The van der Waals surface area contributed by atoms with E-state index >= 15 is 0 Å². The average molecular weight is 466 g/mol. The molecule has 0 N–H and O–H groups in total. The molecule has 6 nitrogen and oxygen atoms in total. The van der Waals surface area contributed by atoms with Gasteiger partial charge in [-0.05, 0) is 43.7 Å². The Morgan fingerprint density at radius 3 is 2.55 bits per heavy atom. The van der Waals surface area contributed by atoms with Gasteiger partial charge >= 0.3 is 5.97 Å². The highest BCUT2D eigenvalue weighted by atomic mass is 32.1. The third-order valence-corrected chi connectivity index (χ3v) is 6.41. The molecule has 0 aliphatic carbocycles. The molecule has 1 aromatic heterocycles. The normalized spacial score (nSPS) is 15.8. The molecule has 0 fully saturated rings. The number of allylic oxidation sites excluding steroid dienone is 1. The van der Waals surface area contributed by atoms with Gasteiger partial charge in [0.05, 0.1) is 22.4 Å². The van der Waals surface area contributed by atoms with Crippen molar-refractivity contribution in [3.05, 3.63) is 96.4 Å². The van der Waals surface area contributed by atoms with E-state index in [4.69, 9.17) is 4.74 Å². The number of thiazole rings is 1. The summed E-state index contributed by atoms with van der Waals surface area (Å²) in [5.41, 5.74) is 2.36. The number of carbonyl (C=O) groups is 1. The first-order valence-corrected chi connectivity index (χ1v) is 11.3. The highest BCUT2D eigenvalue weighted by Crippen LogP contribution is 2.32. The highest BCUT2D eigenvalue weighted by Gasteiger charge is 2.34. The molecule has 3 aromatic rings. The number of ether oxygens (including phenoxy) is 1. The molecular formula is C25H24FN3O3S. The van der Waals surface area contributed by atoms with Crippen LogP contribution in [0.1, 0.15) is 31.0 Å². The van der Waals surface area contributed by atoms with Gasteiger partial charge in [-0.3, -0.25) is 9.36 Å². The predicted molar refractivity (Wildman–Crippen MR) is 128 cm³/mol. The van der Waals surface area contributed by atoms with Gasteiger partial charge in [-0.15, -0.1) is 0 Å². The molecule has 170 valence electrons. The number of fused-ring (bicyclic) bond motifs is 1. The molecule has 0 saturated carbocycles. The minimum absolute atomic E-state index is 0.160. The van der Waals surface area contributed by atoms with Gasteiger partial charge in [-0.1, -0.05) is 41.7 Å². The van der Waals surface area contributed by atoms with Crippen LogP contribution in [0.25, 0.3) is 6.08 Å². The van der Waals surface area contributed by atoms with Crippen molar-refractivity contribution in [2.75, 3.05) is 25.6 Å². The molecule has 0 amide bonds. The second kappa shape index (κ2) is 9.15. The van der Waals surface area contributed by atoms with E-state index in [2.05, 4.69) is 4.99 Å². The zero-order valence-electron chi connectivity index (χ0n) is 18.8. The van der Waals surface area contributed by atoms with Crippen LogP contribution in [-0.2, 0) is 9.53 Å². The lowest BCUT2D eigenvalue weighted by atomic mass is 9.95. The zero-order valence-corrected chi connectivity index (χ0v) is 19.6. The van der Waals surface area contributed by atoms with Crippen LogP contribution in [0.3, 0.4) is 0 Å². The van der Waals surface area contributed by atoms with Crippen LogP contribution in [0.4, 0.5) is 10.1 Å². The molecule has 4 rings (SSSR count). The number of rotatable bonds is 5. The maximum Gasteiger partial charge on any atom is 0.338 e. The summed E-state index contributed by atoms with van der Waals surface area (Å²) in [6.07, 6.45) is 1.78. The van der Waals surface area contributed by atoms with Crippen molar-refractivity contribution in [2.24, 2.45) is 4.99 Å². The Bertz CT molecular complexity index is 1420. The summed E-state index contributed by atoms with van der Waals surface area (Å²) < 4.78 is 21.9. The fraction of sp³-hybridized carbons (Fsp3) is 0.240. The van der Waals surface area contributed by atoms with Crippen LogP contribution in [0.5, 0.6) is 0 Å². The third kappa shape index (κ3) is 4.26. The molecule has 1 aliphatic heterocycles. The third-order valence-electron chi connectivity index (χ3n) is 5.42. The van der Waals surface area contributed by atoms with Gasteiger partial charge in [0.2, 0.25) is 0 Å². The first kappa shape index (κ1) is 22.7. The zero-order chi connectivity index (χ0) is 23.7. The van der Waals surface area contributed by atoms with Crippen LogP contribution < -0.4 is 19.8 Å². The Morgan fingerprint density at radius 2 is 1.91 bits per heavy atom. The maximum atomic E-state index is 14.9. The van der Waals surface area contributed by atoms with E-state index in [0.717, 1.165) is 11.3 Å². The number of benzene rings is 2. The fourth-order valence-electron chi connectivity index (χ4n) is 3.80. The highest BCUT2D eigenvalue weighted by molar-refractivity contribution is 7.07. The summed E-state index contributed by atoms with van der Waals surface area (Å²) >= 11 is 1.21. The topological polar surface area (TPSA) is 63.9 Å². The first-order chi connectivity index (χ1) is 15.8. The number of carbonyl (C=O) groups excluding carboxylic acids is 1. The second-order valence-electron chi connectivity index (χ2n) is 7.81. The van der Waals surface area contributed by atoms with E-state index in [1.165, 1.54) is 22.0 Å². The van der Waals surface area contributed by atoms with Gasteiger partial charge in [0.25, 0.3) is 5.56 Å². The van der Waals surface area contributed by atoms with Crippen molar-refractivity contribution in [3.8, 4) is 0 Å². The lowest BCUT2D eigenvalue weighted by Crippen LogP contribution is -2.40. The lowest BCUT2D eigenvalue weighted by molar-refractivity contribution is -0.139. The molecule has 0 spiro atoms. The molecule has 0 bridgehead atoms. The largest absolute Gasteiger partial charge is 0.463 e. The minimum Gasteiger partial charge on any atom is -0.463 e. The van der Waals surface area contributed by atoms with Crippen LogP contribution in [-0.4, -0.2) is 31.2 Å². The number of aromatic nitrogens is 1. The van der Waals surface area contributed by atoms with Gasteiger partial charge in [0.15, 0.2) is 4.80 Å². The van der Waals surface area contributed by atoms with E-state index in [1.807, 2.05) is 43.3 Å². The van der Waals surface area contributed by atoms with Gasteiger partial charge in [0.1, 0.15) is 11.9 Å². The van der Waals surface area contributed by atoms with Crippen molar-refractivity contribution in [1.29, 1.82) is 0 Å². The Hall–Kier alpha value is -3.52. The van der Waals surface area contributed by atoms with E-state index < -0.39 is 17.8 Å². The minimum atomic E-state index is -0.959. The van der Waals surface area contributed by atoms with Gasteiger partial charge < -0.3 is 9.64 Å². The summed E-state index contributed by atoms with van der Waals surface area (Å²) in [7, 11) is 3.92. The van der Waals surface area contributed by atoms with Crippen molar-refractivity contribution in [2.45, 2.75) is 19.9 Å². The van der Waals surface area contributed by atoms with Crippen LogP contribution in [0, 0.1) is 5.82 Å². The molecule has 1 atom stereocenters. The summed E-state index contributed by atoms with van der Waals surface area (Å²) in [5, 5.41) is 0. The lowest BCUT2D eigenvalue weighted by Gasteiger charge is -2.24. The Labute approximate surface area is 194 Å². The van der Waals surface area contributed by atoms with Crippen LogP contribution in [0.15, 0.2) is 69.6 Å². The van der Waals surface area contributed by atoms with Gasteiger partial charge in [0, 0.05) is 25.3 Å². The van der Waals surface area contributed by atoms with E-state index in [9.17, 15) is 14.0 Å². The van der Waals surface area contributed by atoms with Crippen LogP contribution in [0.2, 0.25) is 0 Å². The first-order valence-electron chi connectivity index (χ1n) is 10.5. The fourth-order valence-corrected chi connectivity index (χ4v) is 4.85. The summed E-state index contributed by atoms with van der Waals surface area (Å²) in [6.45, 7) is 3.53. The molecule has 0 saturated heterocycles. The number of esters is 1. The monoisotopic (exact) mass is 465 g/mol. The molecule has 0 radical (unpaired) electrons. The van der Waals surface area contributed by atoms with Gasteiger partial charge in [-0.25, -0.2) is 14.2 Å². The molecule has 2 aromatic carbocycles. The predicted octanol–water partition coefficient (Wildman–Crippen LogP) is 3.00. The van der Waals surface area contributed by atoms with Crippen LogP contribution >= 0.6 is 11.3 Å². The molecular weight excluding hydrogens is 441 g/mol. The van der Waals surface area contributed by atoms with Gasteiger partial charge in [-0.2, -0.15) is 0 Å². The summed E-state index contributed by atoms with van der Waals surface area (Å²) in [6, 6.07) is 13.0. The molecule has 33 heavy (non-hydrogen) atoms. The Kier molecular flexibility index (Phi) is 6.29. The number of hydrogen-bond donors (Lipinski definition) is 0. The van der Waals surface area contributed by atoms with E-state index in [0.29, 0.717) is 15.0 Å². The van der Waals surface area contributed by atoms with E-state index in [-0.39, 0.29) is 23.3 Å². The SMILES string of the molecule is CCOC(=O)C1=C(C)N=c2s/c(=C\c3ccc(N(C)C)cc3)c(=O)n2[C@@H]1c1ccccc1F. The molecule has 0 unspecified atom stereocenters. The van der Waals surface area contributed by atoms with E-state index in [1.54, 1.807) is 38.1 Å². The summed E-state index contributed by atoms with van der Waals surface area (Å²) in [5.74, 6) is -1.12. The molecule has 8 heteroatoms. The standard InChI is InChI=1S/C25H24FN3O3S/c1-5-32-24(31)21-15(2)27-25-29(22(21)18-8-6-7-9-19(18)26)23(30)20(33-25)14-16-10-12-17(13-11-16)28(3)4/h6-14,22H,5H2,1-4H3/b20-14-/t22-/m1/s1. The summed E-state index contributed by atoms with van der Waals surface area (Å²) in [4.78, 5) is 33.2. The number of hydrogen-bond acceptors (Lipinski definition) is 6. The molecule has 1 aliphatic rings. The Balaban J connectivity index is 1.92.